The smallest absolute Gasteiger partial charge is 0.223 e. The zero-order valence-electron chi connectivity index (χ0n) is 28.7. The van der Waals surface area contributed by atoms with E-state index in [2.05, 4.69) is 80.0 Å². The molecule has 47 heavy (non-hydrogen) atoms. The summed E-state index contributed by atoms with van der Waals surface area (Å²) in [4.78, 5) is 39.9. The average molecular weight is 636 g/mol. The fourth-order valence-corrected chi connectivity index (χ4v) is 8.03. The van der Waals surface area contributed by atoms with Gasteiger partial charge in [0.15, 0.2) is 5.78 Å². The van der Waals surface area contributed by atoms with E-state index in [1.807, 2.05) is 13.0 Å². The summed E-state index contributed by atoms with van der Waals surface area (Å²) in [6.07, 6.45) is 13.2. The van der Waals surface area contributed by atoms with Gasteiger partial charge in [0.25, 0.3) is 0 Å². The molecule has 3 aliphatic heterocycles. The number of aliphatic hydroxyl groups is 1. The molecule has 0 radical (unpaired) electrons. The molecule has 4 aliphatic rings. The van der Waals surface area contributed by atoms with Crippen LogP contribution in [-0.2, 0) is 16.0 Å². The fraction of sp³-hybridized carbons (Fsp3) is 0.462. The van der Waals surface area contributed by atoms with E-state index in [-0.39, 0.29) is 48.5 Å². The third-order valence-corrected chi connectivity index (χ3v) is 10.8. The zero-order chi connectivity index (χ0) is 33.6. The van der Waals surface area contributed by atoms with Crippen LogP contribution in [0.25, 0.3) is 24.3 Å². The van der Waals surface area contributed by atoms with E-state index in [0.717, 1.165) is 99.1 Å². The number of nitrogens with zero attached hydrogens (tertiary/aromatic N) is 1. The predicted molar refractivity (Wildman–Crippen MR) is 190 cm³/mol. The van der Waals surface area contributed by atoms with E-state index >= 15 is 0 Å². The molecule has 8 nitrogen and oxygen atoms in total. The van der Waals surface area contributed by atoms with Gasteiger partial charge in [-0.1, -0.05) is 46.3 Å². The molecular formula is C39H49N5O3. The number of Topliss-reactive ketones (excluding diaryl/α,β-unsaturated/α-hetero) is 1. The number of carbonyl (C=O) groups excluding carboxylic acids is 2. The first kappa shape index (κ1) is 32.8. The van der Waals surface area contributed by atoms with Gasteiger partial charge in [-0.3, -0.25) is 14.6 Å². The van der Waals surface area contributed by atoms with E-state index in [1.54, 1.807) is 0 Å². The highest BCUT2D eigenvalue weighted by molar-refractivity contribution is 6.18. The van der Waals surface area contributed by atoms with Gasteiger partial charge >= 0.3 is 0 Å². The van der Waals surface area contributed by atoms with Gasteiger partial charge in [-0.25, -0.2) is 0 Å². The molecule has 0 saturated carbocycles. The van der Waals surface area contributed by atoms with Gasteiger partial charge in [-0.2, -0.15) is 0 Å². The maximum Gasteiger partial charge on any atom is 0.223 e. The number of allylic oxidation sites excluding steroid dienone is 3. The van der Waals surface area contributed by atoms with Crippen molar-refractivity contribution in [2.75, 3.05) is 13.2 Å². The van der Waals surface area contributed by atoms with Crippen LogP contribution in [0.4, 0.5) is 0 Å². The van der Waals surface area contributed by atoms with Crippen molar-refractivity contribution in [3.05, 3.63) is 79.0 Å². The number of aromatic nitrogens is 2. The van der Waals surface area contributed by atoms with Gasteiger partial charge in [0.1, 0.15) is 0 Å². The highest BCUT2D eigenvalue weighted by Crippen LogP contribution is 2.45. The molecule has 4 unspecified atom stereocenters. The number of nitrogens with one attached hydrogen (secondary N) is 4. The number of aliphatic hydroxyl groups excluding tert-OH is 1. The molecule has 8 bridgehead atoms. The Morgan fingerprint density at radius 2 is 1.87 bits per heavy atom. The molecule has 0 aromatic carbocycles. The molecule has 0 saturated heterocycles. The van der Waals surface area contributed by atoms with Gasteiger partial charge in [-0.05, 0) is 80.5 Å². The molecule has 1 amide bonds. The van der Waals surface area contributed by atoms with Gasteiger partial charge in [-0.15, -0.1) is 0 Å². The Balaban J connectivity index is 1.49. The van der Waals surface area contributed by atoms with Crippen LogP contribution in [-0.4, -0.2) is 51.7 Å². The van der Waals surface area contributed by atoms with Crippen molar-refractivity contribution in [2.24, 2.45) is 22.7 Å². The Morgan fingerprint density at radius 1 is 1.11 bits per heavy atom. The molecule has 1 aliphatic carbocycles. The van der Waals surface area contributed by atoms with E-state index < -0.39 is 0 Å². The Morgan fingerprint density at radius 3 is 2.60 bits per heavy atom. The molecule has 5 N–H and O–H groups in total. The molecule has 2 aromatic heterocycles. The summed E-state index contributed by atoms with van der Waals surface area (Å²) in [5.41, 5.74) is 11.9. The maximum atomic E-state index is 13.7. The van der Waals surface area contributed by atoms with Crippen LogP contribution < -0.4 is 21.3 Å². The number of aliphatic imine (C=N–C) groups is 1. The van der Waals surface area contributed by atoms with Crippen LogP contribution in [0.3, 0.4) is 0 Å². The van der Waals surface area contributed by atoms with Gasteiger partial charge in [0, 0.05) is 81.8 Å². The monoisotopic (exact) mass is 635 g/mol. The second-order valence-electron chi connectivity index (χ2n) is 13.6. The van der Waals surface area contributed by atoms with Crippen molar-refractivity contribution in [3.63, 3.8) is 0 Å². The highest BCUT2D eigenvalue weighted by Gasteiger charge is 2.45. The van der Waals surface area contributed by atoms with Crippen LogP contribution in [0, 0.1) is 31.6 Å². The molecular weight excluding hydrogens is 586 g/mol. The number of carbonyl (C=O) groups is 2. The van der Waals surface area contributed by atoms with Crippen molar-refractivity contribution in [3.8, 4) is 0 Å². The van der Waals surface area contributed by atoms with Crippen LogP contribution >= 0.6 is 0 Å². The van der Waals surface area contributed by atoms with Crippen molar-refractivity contribution >= 4 is 41.7 Å². The van der Waals surface area contributed by atoms with Gasteiger partial charge in [0.05, 0.1) is 17.5 Å². The van der Waals surface area contributed by atoms with Crippen molar-refractivity contribution < 1.29 is 14.7 Å². The first-order valence-corrected chi connectivity index (χ1v) is 17.3. The average Bonchev–Trinajstić information content (AvgIpc) is 3.80. The third-order valence-electron chi connectivity index (χ3n) is 10.8. The summed E-state index contributed by atoms with van der Waals surface area (Å²) in [6.45, 7) is 17.6. The normalized spacial score (nSPS) is 22.1. The molecule has 248 valence electrons. The zero-order valence-corrected chi connectivity index (χ0v) is 28.7. The second-order valence-corrected chi connectivity index (χ2v) is 13.6. The topological polar surface area (TPSA) is 122 Å². The fourth-order valence-electron chi connectivity index (χ4n) is 8.03. The first-order chi connectivity index (χ1) is 22.6. The number of ketones is 1. The Labute approximate surface area is 277 Å². The van der Waals surface area contributed by atoms with Crippen LogP contribution in [0.1, 0.15) is 93.4 Å². The minimum Gasteiger partial charge on any atom is -0.396 e. The van der Waals surface area contributed by atoms with Crippen LogP contribution in [0.15, 0.2) is 39.7 Å². The van der Waals surface area contributed by atoms with E-state index in [9.17, 15) is 9.59 Å². The minimum absolute atomic E-state index is 0.00275. The molecule has 0 spiro atoms. The summed E-state index contributed by atoms with van der Waals surface area (Å²) in [7, 11) is 0. The lowest BCUT2D eigenvalue weighted by molar-refractivity contribution is -0.125. The lowest BCUT2D eigenvalue weighted by Gasteiger charge is -2.25. The molecule has 5 heterocycles. The number of hydrogen-bond acceptors (Lipinski definition) is 5. The number of unbranched alkanes of at least 4 members (excludes halogenated alkanes) is 3. The largest absolute Gasteiger partial charge is 0.396 e. The first-order valence-electron chi connectivity index (χ1n) is 17.3. The van der Waals surface area contributed by atoms with E-state index in [0.29, 0.717) is 6.54 Å². The lowest BCUT2D eigenvalue weighted by atomic mass is 9.78. The van der Waals surface area contributed by atoms with E-state index in [1.165, 1.54) is 11.1 Å². The van der Waals surface area contributed by atoms with Gasteiger partial charge in [0.2, 0.25) is 5.91 Å². The standard InChI is InChI=1S/C39H49N5O3/c1-8-25-20(3)28-17-30-22(5)35(24(7)39(47)40-14-12-10-11-13-15-45)37(43-30)27-16-34(46)36-23(6)31(44-38(27)36)19-33-26(9-2)21(4)29(42-33)18-32(25)41-28/h8,17-19,22,24,31,35,41-42,44-45H,1,9-16H2,2-7H3,(H,40,47). The predicted octanol–water partition coefficient (Wildman–Crippen LogP) is 4.66. The lowest BCUT2D eigenvalue weighted by Crippen LogP contribution is -2.38. The summed E-state index contributed by atoms with van der Waals surface area (Å²) in [6, 6.07) is -0.133. The number of aromatic amines is 2. The van der Waals surface area contributed by atoms with Crippen molar-refractivity contribution in [1.82, 2.24) is 20.6 Å². The number of amides is 1. The summed E-state index contributed by atoms with van der Waals surface area (Å²) in [5, 5.41) is 18.1. The van der Waals surface area contributed by atoms with Crippen LogP contribution in [0.2, 0.25) is 0 Å². The molecule has 8 heteroatoms. The summed E-state index contributed by atoms with van der Waals surface area (Å²) in [5.74, 6) is -0.473. The van der Waals surface area contributed by atoms with Crippen molar-refractivity contribution in [1.29, 1.82) is 0 Å². The molecule has 6 rings (SSSR count). The Kier molecular flexibility index (Phi) is 9.16. The van der Waals surface area contributed by atoms with Crippen molar-refractivity contribution in [2.45, 2.75) is 86.1 Å². The summed E-state index contributed by atoms with van der Waals surface area (Å²) >= 11 is 0. The van der Waals surface area contributed by atoms with Crippen LogP contribution in [0.5, 0.6) is 0 Å². The SMILES string of the molecule is C=Cc1c2[nH]c(c1C)C=C1N=C(C3=C4NC(C=c5[nH]c(c(C)c5CC)=C2)C(C)=C4C(=O)C3)C(C(C)C(=O)NCCCCCCO)C1C. The van der Waals surface area contributed by atoms with Gasteiger partial charge < -0.3 is 25.7 Å². The molecule has 0 fully saturated rings. The molecule has 2 aromatic rings. The second kappa shape index (κ2) is 13.1. The highest BCUT2D eigenvalue weighted by atomic mass is 16.3. The Hall–Kier alpha value is -4.17. The number of fused-ring (bicyclic) bond motifs is 7. The summed E-state index contributed by atoms with van der Waals surface area (Å²) < 4.78 is 0. The number of rotatable bonds is 10. The quantitative estimate of drug-likeness (QED) is 0.244. The maximum absolute atomic E-state index is 13.7. The third kappa shape index (κ3) is 5.71. The number of hydrogen-bond donors (Lipinski definition) is 5. The Bertz CT molecular complexity index is 1900. The molecule has 4 atom stereocenters. The number of H-pyrrole nitrogens is 2. The minimum atomic E-state index is -0.347. The van der Waals surface area contributed by atoms with E-state index in [4.69, 9.17) is 10.1 Å².